The molecule has 0 amide bonds. The molecule has 0 aliphatic heterocycles. The van der Waals surface area contributed by atoms with E-state index in [2.05, 4.69) is 50.3 Å². The number of allylic oxidation sites excluding steroid dienone is 6. The van der Waals surface area contributed by atoms with E-state index < -0.39 is 13.9 Å². The van der Waals surface area contributed by atoms with Gasteiger partial charge in [0.05, 0.1) is 19.8 Å². The van der Waals surface area contributed by atoms with Crippen LogP contribution in [-0.2, 0) is 27.9 Å². The predicted molar refractivity (Wildman–Crippen MR) is 201 cm³/mol. The van der Waals surface area contributed by atoms with Crippen molar-refractivity contribution in [1.82, 2.24) is 0 Å². The van der Waals surface area contributed by atoms with Crippen molar-refractivity contribution in [1.29, 1.82) is 0 Å². The van der Waals surface area contributed by atoms with Crippen molar-refractivity contribution in [2.45, 2.75) is 174 Å². The van der Waals surface area contributed by atoms with Crippen LogP contribution >= 0.6 is 7.82 Å². The van der Waals surface area contributed by atoms with Crippen LogP contribution in [0.2, 0.25) is 0 Å². The minimum absolute atomic E-state index is 0.0958. The fourth-order valence-corrected chi connectivity index (χ4v) is 6.01. The molecule has 9 heteroatoms. The largest absolute Gasteiger partial charge is 0.472 e. The molecule has 2 atom stereocenters. The first-order chi connectivity index (χ1) is 23.4. The lowest BCUT2D eigenvalue weighted by molar-refractivity contribution is -0.154. The van der Waals surface area contributed by atoms with E-state index in [9.17, 15) is 14.3 Å². The standard InChI is InChI=1S/C39H74NO7P/c1-3-5-7-9-11-13-15-17-18-19-21-23-25-27-29-31-34-44-36-38(37-46-48(42,43)45-35-33-40)47-39(41)32-30-28-26-24-22-20-16-14-12-10-8-6-4-2/h6,8,12,14,20,22,38H,3-5,7,9-11,13,15-19,21,23-37,40H2,1-2H3,(H,42,43)/b8-6-,14-12-,22-20-. The molecule has 3 N–H and O–H groups in total. The molecule has 0 aliphatic carbocycles. The van der Waals surface area contributed by atoms with Crippen molar-refractivity contribution in [3.8, 4) is 0 Å². The molecule has 0 spiro atoms. The van der Waals surface area contributed by atoms with Gasteiger partial charge in [0.2, 0.25) is 0 Å². The fourth-order valence-electron chi connectivity index (χ4n) is 5.25. The van der Waals surface area contributed by atoms with Crippen molar-refractivity contribution >= 4 is 13.8 Å². The number of esters is 1. The summed E-state index contributed by atoms with van der Waals surface area (Å²) in [5.41, 5.74) is 5.35. The normalized spacial score (nSPS) is 14.0. The summed E-state index contributed by atoms with van der Waals surface area (Å²) in [7, 11) is -4.28. The van der Waals surface area contributed by atoms with Crippen molar-refractivity contribution in [2.75, 3.05) is 33.0 Å². The molecule has 0 aromatic rings. The molecule has 0 aromatic heterocycles. The minimum Gasteiger partial charge on any atom is -0.457 e. The van der Waals surface area contributed by atoms with Crippen LogP contribution in [0.25, 0.3) is 0 Å². The highest BCUT2D eigenvalue weighted by atomic mass is 31.2. The minimum atomic E-state index is -4.28. The average molecular weight is 700 g/mol. The van der Waals surface area contributed by atoms with E-state index in [0.717, 1.165) is 57.8 Å². The molecular weight excluding hydrogens is 625 g/mol. The summed E-state index contributed by atoms with van der Waals surface area (Å²) in [6, 6.07) is 0. The number of hydrogen-bond acceptors (Lipinski definition) is 7. The highest BCUT2D eigenvalue weighted by molar-refractivity contribution is 7.47. The smallest absolute Gasteiger partial charge is 0.457 e. The molecular formula is C39H74NO7P. The zero-order chi connectivity index (χ0) is 35.2. The lowest BCUT2D eigenvalue weighted by atomic mass is 10.0. The maximum absolute atomic E-state index is 12.5. The first-order valence-electron chi connectivity index (χ1n) is 19.5. The third kappa shape index (κ3) is 36.0. The molecule has 0 aliphatic rings. The van der Waals surface area contributed by atoms with Crippen LogP contribution < -0.4 is 5.73 Å². The molecule has 0 bridgehead atoms. The van der Waals surface area contributed by atoms with Crippen LogP contribution in [0, 0.1) is 0 Å². The van der Waals surface area contributed by atoms with Crippen LogP contribution in [0.3, 0.4) is 0 Å². The highest BCUT2D eigenvalue weighted by Crippen LogP contribution is 2.43. The molecule has 0 fully saturated rings. The Hall–Kier alpha value is -1.28. The number of ether oxygens (including phenoxy) is 2. The van der Waals surface area contributed by atoms with Crippen molar-refractivity contribution < 1.29 is 32.8 Å². The number of phosphoric acid groups is 1. The van der Waals surface area contributed by atoms with Crippen LogP contribution in [0.15, 0.2) is 36.5 Å². The van der Waals surface area contributed by atoms with Gasteiger partial charge in [0.15, 0.2) is 0 Å². The lowest BCUT2D eigenvalue weighted by Crippen LogP contribution is -2.28. The Morgan fingerprint density at radius 1 is 0.646 bits per heavy atom. The molecule has 0 aromatic carbocycles. The van der Waals surface area contributed by atoms with Gasteiger partial charge in [-0.15, -0.1) is 0 Å². The Morgan fingerprint density at radius 3 is 1.73 bits per heavy atom. The molecule has 8 nitrogen and oxygen atoms in total. The molecule has 0 rings (SSSR count). The van der Waals surface area contributed by atoms with Crippen LogP contribution in [0.5, 0.6) is 0 Å². The average Bonchev–Trinajstić information content (AvgIpc) is 3.07. The van der Waals surface area contributed by atoms with Crippen LogP contribution in [-0.4, -0.2) is 49.9 Å². The molecule has 0 saturated heterocycles. The van der Waals surface area contributed by atoms with Gasteiger partial charge in [0.25, 0.3) is 0 Å². The SMILES string of the molecule is CC/C=C\C/C=C\C/C=C\CCCCCC(=O)OC(COCCCCCCCCCCCCCCCCCC)COP(=O)(O)OCCN. The summed E-state index contributed by atoms with van der Waals surface area (Å²) in [5, 5.41) is 0. The molecule has 0 saturated carbocycles. The van der Waals surface area contributed by atoms with E-state index in [4.69, 9.17) is 24.3 Å². The number of hydrogen-bond donors (Lipinski definition) is 2. The Bertz CT molecular complexity index is 833. The monoisotopic (exact) mass is 700 g/mol. The van der Waals surface area contributed by atoms with Crippen molar-refractivity contribution in [3.05, 3.63) is 36.5 Å². The van der Waals surface area contributed by atoms with E-state index in [1.807, 2.05) is 0 Å². The summed E-state index contributed by atoms with van der Waals surface area (Å²) in [6.45, 7) is 4.77. The van der Waals surface area contributed by atoms with E-state index in [1.165, 1.54) is 89.9 Å². The summed E-state index contributed by atoms with van der Waals surface area (Å²) >= 11 is 0. The molecule has 48 heavy (non-hydrogen) atoms. The number of unbranched alkanes of at least 4 members (excludes halogenated alkanes) is 18. The Labute approximate surface area is 295 Å². The Balaban J connectivity index is 4.09. The third-order valence-electron chi connectivity index (χ3n) is 8.07. The molecule has 282 valence electrons. The van der Waals surface area contributed by atoms with Gasteiger partial charge < -0.3 is 20.1 Å². The zero-order valence-corrected chi connectivity index (χ0v) is 31.9. The first-order valence-corrected chi connectivity index (χ1v) is 21.0. The van der Waals surface area contributed by atoms with Crippen molar-refractivity contribution in [3.63, 3.8) is 0 Å². The Kier molecular flexibility index (Phi) is 36.0. The summed E-state index contributed by atoms with van der Waals surface area (Å²) in [4.78, 5) is 22.4. The fraction of sp³-hybridized carbons (Fsp3) is 0.821. The van der Waals surface area contributed by atoms with Gasteiger partial charge in [-0.05, 0) is 44.9 Å². The van der Waals surface area contributed by atoms with Gasteiger partial charge in [-0.1, -0.05) is 153 Å². The van der Waals surface area contributed by atoms with E-state index in [0.29, 0.717) is 6.61 Å². The predicted octanol–water partition coefficient (Wildman–Crippen LogP) is 11.1. The van der Waals surface area contributed by atoms with E-state index >= 15 is 0 Å². The van der Waals surface area contributed by atoms with Gasteiger partial charge in [0, 0.05) is 19.6 Å². The highest BCUT2D eigenvalue weighted by Gasteiger charge is 2.25. The number of nitrogens with two attached hydrogens (primary N) is 1. The maximum Gasteiger partial charge on any atom is 0.472 e. The maximum atomic E-state index is 12.5. The quantitative estimate of drug-likeness (QED) is 0.0285. The van der Waals surface area contributed by atoms with Gasteiger partial charge in [-0.3, -0.25) is 13.8 Å². The van der Waals surface area contributed by atoms with Crippen LogP contribution in [0.4, 0.5) is 0 Å². The summed E-state index contributed by atoms with van der Waals surface area (Å²) in [5.74, 6) is -0.358. The zero-order valence-electron chi connectivity index (χ0n) is 31.0. The summed E-state index contributed by atoms with van der Waals surface area (Å²) in [6.07, 6.45) is 40.2. The van der Waals surface area contributed by atoms with Gasteiger partial charge in [-0.2, -0.15) is 0 Å². The summed E-state index contributed by atoms with van der Waals surface area (Å²) < 4.78 is 33.3. The topological polar surface area (TPSA) is 117 Å². The van der Waals surface area contributed by atoms with Crippen LogP contribution in [0.1, 0.15) is 168 Å². The number of carbonyl (C=O) groups is 1. The molecule has 0 heterocycles. The molecule has 2 unspecified atom stereocenters. The number of carbonyl (C=O) groups excluding carboxylic acids is 1. The molecule has 0 radical (unpaired) electrons. The Morgan fingerprint density at radius 2 is 1.17 bits per heavy atom. The third-order valence-corrected chi connectivity index (χ3v) is 9.06. The van der Waals surface area contributed by atoms with Gasteiger partial charge in [0.1, 0.15) is 6.10 Å². The second-order valence-corrected chi connectivity index (χ2v) is 14.2. The van der Waals surface area contributed by atoms with E-state index in [1.54, 1.807) is 0 Å². The second kappa shape index (κ2) is 37.0. The lowest BCUT2D eigenvalue weighted by Gasteiger charge is -2.20. The first kappa shape index (κ1) is 46.7. The van der Waals surface area contributed by atoms with Gasteiger partial charge >= 0.3 is 13.8 Å². The second-order valence-electron chi connectivity index (χ2n) is 12.8. The number of rotatable bonds is 37. The van der Waals surface area contributed by atoms with Gasteiger partial charge in [-0.25, -0.2) is 4.57 Å². The van der Waals surface area contributed by atoms with E-state index in [-0.39, 0.29) is 38.8 Å². The number of phosphoric ester groups is 1. The van der Waals surface area contributed by atoms with Crippen molar-refractivity contribution in [2.24, 2.45) is 5.73 Å².